The second-order valence-corrected chi connectivity index (χ2v) is 0.654. The fraction of sp³-hybridized carbons (Fsp3) is 0.250. The Morgan fingerprint density at radius 3 is 2.40 bits per heavy atom. The minimum absolute atomic E-state index is 0.101. The molecule has 0 aromatic rings. The van der Waals surface area contributed by atoms with E-state index in [1.54, 1.807) is 12.2 Å². The molecule has 0 aliphatic rings. The molecule has 1 N–H and O–H groups in total. The van der Waals surface area contributed by atoms with Crippen LogP contribution in [-0.4, -0.2) is 11.7 Å². The number of hydrogen-bond donors (Lipinski definition) is 1. The van der Waals surface area contributed by atoms with Crippen molar-refractivity contribution in [3.05, 3.63) is 19.1 Å². The van der Waals surface area contributed by atoms with Gasteiger partial charge in [0, 0.05) is 0 Å². The highest BCUT2D eigenvalue weighted by Crippen LogP contribution is 1.59. The molecule has 1 nitrogen and oxygen atoms in total. The summed E-state index contributed by atoms with van der Waals surface area (Å²) in [4.78, 5) is 0. The third kappa shape index (κ3) is 3.70. The van der Waals surface area contributed by atoms with Crippen LogP contribution in [0.4, 0.5) is 0 Å². The van der Waals surface area contributed by atoms with Gasteiger partial charge >= 0.3 is 0 Å². The summed E-state index contributed by atoms with van der Waals surface area (Å²) >= 11 is 0. The Labute approximate surface area is 31.9 Å². The van der Waals surface area contributed by atoms with Crippen LogP contribution >= 0.6 is 0 Å². The van der Waals surface area contributed by atoms with Crippen molar-refractivity contribution in [2.75, 3.05) is 6.61 Å². The maximum Gasteiger partial charge on any atom is 0.0612 e. The SMILES string of the molecule is [CH2]/C=C\CO. The fourth-order valence-corrected chi connectivity index (χ4v) is 0.0745. The van der Waals surface area contributed by atoms with E-state index in [2.05, 4.69) is 6.92 Å². The Kier molecular flexibility index (Phi) is 3.48. The molecule has 0 rings (SSSR count). The number of hydrogen-bond acceptors (Lipinski definition) is 1. The van der Waals surface area contributed by atoms with Gasteiger partial charge in [-0.05, 0) is 6.92 Å². The van der Waals surface area contributed by atoms with E-state index >= 15 is 0 Å². The quantitative estimate of drug-likeness (QED) is 0.473. The molecule has 0 aromatic carbocycles. The molecule has 5 heavy (non-hydrogen) atoms. The predicted octanol–water partition coefficient (Wildman–Crippen LogP) is 0.369. The van der Waals surface area contributed by atoms with E-state index < -0.39 is 0 Å². The van der Waals surface area contributed by atoms with Crippen LogP contribution in [0.2, 0.25) is 0 Å². The molecule has 0 aromatic heterocycles. The van der Waals surface area contributed by atoms with Gasteiger partial charge in [0.25, 0.3) is 0 Å². The lowest BCUT2D eigenvalue weighted by molar-refractivity contribution is 0.343. The van der Waals surface area contributed by atoms with Gasteiger partial charge in [-0.1, -0.05) is 12.2 Å². The Morgan fingerprint density at radius 2 is 2.40 bits per heavy atom. The highest BCUT2D eigenvalue weighted by Gasteiger charge is 1.52. The summed E-state index contributed by atoms with van der Waals surface area (Å²) in [5, 5.41) is 7.94. The van der Waals surface area contributed by atoms with Crippen molar-refractivity contribution in [3.8, 4) is 0 Å². The Hall–Kier alpha value is -0.300. The van der Waals surface area contributed by atoms with Gasteiger partial charge in [0.1, 0.15) is 0 Å². The van der Waals surface area contributed by atoms with E-state index in [1.807, 2.05) is 0 Å². The Balaban J connectivity index is 2.62. The molecule has 0 spiro atoms. The monoisotopic (exact) mass is 71.0 g/mol. The van der Waals surface area contributed by atoms with Crippen LogP contribution < -0.4 is 0 Å². The molecule has 1 radical (unpaired) electrons. The maximum absolute atomic E-state index is 7.94. The van der Waals surface area contributed by atoms with Gasteiger partial charge in [0.2, 0.25) is 0 Å². The summed E-state index contributed by atoms with van der Waals surface area (Å²) in [6.07, 6.45) is 3.12. The lowest BCUT2D eigenvalue weighted by Crippen LogP contribution is -1.65. The molecule has 0 fully saturated rings. The van der Waals surface area contributed by atoms with Gasteiger partial charge in [0.15, 0.2) is 0 Å². The number of aliphatic hydroxyl groups excluding tert-OH is 1. The zero-order valence-electron chi connectivity index (χ0n) is 3.02. The van der Waals surface area contributed by atoms with Crippen molar-refractivity contribution in [1.29, 1.82) is 0 Å². The summed E-state index contributed by atoms with van der Waals surface area (Å²) in [5.74, 6) is 0. The van der Waals surface area contributed by atoms with Gasteiger partial charge in [-0.2, -0.15) is 0 Å². The van der Waals surface area contributed by atoms with Gasteiger partial charge < -0.3 is 5.11 Å². The van der Waals surface area contributed by atoms with E-state index in [1.165, 1.54) is 0 Å². The summed E-state index contributed by atoms with van der Waals surface area (Å²) in [5.41, 5.74) is 0. The molecule has 0 bridgehead atoms. The van der Waals surface area contributed by atoms with Crippen LogP contribution in [0.25, 0.3) is 0 Å². The second kappa shape index (κ2) is 3.70. The normalized spacial score (nSPS) is 10.0. The van der Waals surface area contributed by atoms with Crippen molar-refractivity contribution >= 4 is 0 Å². The van der Waals surface area contributed by atoms with Crippen LogP contribution in [0.5, 0.6) is 0 Å². The minimum atomic E-state index is 0.101. The highest BCUT2D eigenvalue weighted by molar-refractivity contribution is 4.82. The molecule has 1 heteroatoms. The average Bonchev–Trinajstić information content (AvgIpc) is 1.41. The highest BCUT2D eigenvalue weighted by atomic mass is 16.2. The number of allylic oxidation sites excluding steroid dienone is 1. The first-order chi connectivity index (χ1) is 2.41. The average molecular weight is 71.1 g/mol. The number of aliphatic hydroxyl groups is 1. The van der Waals surface area contributed by atoms with Crippen molar-refractivity contribution in [2.45, 2.75) is 0 Å². The van der Waals surface area contributed by atoms with Gasteiger partial charge in [-0.3, -0.25) is 0 Å². The van der Waals surface area contributed by atoms with Crippen molar-refractivity contribution < 1.29 is 5.11 Å². The molecule has 29 valence electrons. The van der Waals surface area contributed by atoms with Crippen molar-refractivity contribution in [2.24, 2.45) is 0 Å². The predicted molar refractivity (Wildman–Crippen MR) is 21.6 cm³/mol. The Bertz CT molecular complexity index is 30.6. The second-order valence-electron chi connectivity index (χ2n) is 0.654. The number of rotatable bonds is 1. The summed E-state index contributed by atoms with van der Waals surface area (Å²) in [6.45, 7) is 3.44. The van der Waals surface area contributed by atoms with Crippen LogP contribution in [0, 0.1) is 6.92 Å². The van der Waals surface area contributed by atoms with E-state index in [4.69, 9.17) is 5.11 Å². The van der Waals surface area contributed by atoms with Gasteiger partial charge in [0.05, 0.1) is 6.61 Å². The van der Waals surface area contributed by atoms with Crippen molar-refractivity contribution in [3.63, 3.8) is 0 Å². The molecule has 0 saturated heterocycles. The molecule has 0 atom stereocenters. The third-order valence-electron chi connectivity index (χ3n) is 0.272. The Morgan fingerprint density at radius 1 is 1.80 bits per heavy atom. The molecule has 0 saturated carbocycles. The summed E-state index contributed by atoms with van der Waals surface area (Å²) < 4.78 is 0. The molecule has 0 heterocycles. The van der Waals surface area contributed by atoms with Crippen LogP contribution in [-0.2, 0) is 0 Å². The molecule has 0 aliphatic carbocycles. The van der Waals surface area contributed by atoms with Crippen LogP contribution in [0.3, 0.4) is 0 Å². The first-order valence-electron chi connectivity index (χ1n) is 1.47. The molecular formula is C4H7O. The van der Waals surface area contributed by atoms with Gasteiger partial charge in [-0.25, -0.2) is 0 Å². The van der Waals surface area contributed by atoms with E-state index in [-0.39, 0.29) is 6.61 Å². The summed E-state index contributed by atoms with van der Waals surface area (Å²) in [7, 11) is 0. The summed E-state index contributed by atoms with van der Waals surface area (Å²) in [6, 6.07) is 0. The molecule has 0 amide bonds. The lowest BCUT2D eigenvalue weighted by Gasteiger charge is -1.66. The van der Waals surface area contributed by atoms with Crippen molar-refractivity contribution in [1.82, 2.24) is 0 Å². The van der Waals surface area contributed by atoms with E-state index in [9.17, 15) is 0 Å². The topological polar surface area (TPSA) is 20.2 Å². The van der Waals surface area contributed by atoms with Gasteiger partial charge in [-0.15, -0.1) is 0 Å². The zero-order valence-corrected chi connectivity index (χ0v) is 3.02. The smallest absolute Gasteiger partial charge is 0.0612 e. The first kappa shape index (κ1) is 4.70. The van der Waals surface area contributed by atoms with E-state index in [0.29, 0.717) is 0 Å². The zero-order chi connectivity index (χ0) is 4.12. The standard InChI is InChI=1S/C4H7O/c1-2-3-4-5/h2-3,5H,1,4H2/b3-2-. The molecule has 0 unspecified atom stereocenters. The minimum Gasteiger partial charge on any atom is -0.392 e. The van der Waals surface area contributed by atoms with Crippen LogP contribution in [0.1, 0.15) is 0 Å². The molecular weight excluding hydrogens is 64.0 g/mol. The largest absolute Gasteiger partial charge is 0.392 e. The molecule has 0 aliphatic heterocycles. The maximum atomic E-state index is 7.94. The fourth-order valence-electron chi connectivity index (χ4n) is 0.0745. The van der Waals surface area contributed by atoms with E-state index in [0.717, 1.165) is 0 Å². The van der Waals surface area contributed by atoms with Crippen LogP contribution in [0.15, 0.2) is 12.2 Å². The first-order valence-corrected chi connectivity index (χ1v) is 1.47. The third-order valence-corrected chi connectivity index (χ3v) is 0.272. The lowest BCUT2D eigenvalue weighted by atomic mass is 10.6.